The Morgan fingerprint density at radius 1 is 1.35 bits per heavy atom. The topological polar surface area (TPSA) is 50.8 Å². The first-order valence-electron chi connectivity index (χ1n) is 5.66. The van der Waals surface area contributed by atoms with Crippen LogP contribution in [0.3, 0.4) is 0 Å². The van der Waals surface area contributed by atoms with E-state index in [9.17, 15) is 4.79 Å². The van der Waals surface area contributed by atoms with Gasteiger partial charge in [-0.3, -0.25) is 4.79 Å². The molecule has 0 unspecified atom stereocenters. The zero-order valence-electron chi connectivity index (χ0n) is 10.8. The van der Waals surface area contributed by atoms with E-state index in [2.05, 4.69) is 5.32 Å². The molecule has 102 valence electrons. The van der Waals surface area contributed by atoms with Crippen LogP contribution in [0.5, 0.6) is 0 Å². The summed E-state index contributed by atoms with van der Waals surface area (Å²) < 4.78 is 10.4. The summed E-state index contributed by atoms with van der Waals surface area (Å²) in [4.78, 5) is 14.0. The van der Waals surface area contributed by atoms with Crippen LogP contribution in [0.2, 0.25) is 0 Å². The number of carbonyl (C=O) groups excluding carboxylic acids is 1. The molecular weight excluding hydrogens is 244 g/mol. The van der Waals surface area contributed by atoms with E-state index >= 15 is 0 Å². The highest BCUT2D eigenvalue weighted by atomic mass is 35.5. The lowest BCUT2D eigenvalue weighted by molar-refractivity contribution is -0.157. The number of hydrogen-bond donors (Lipinski definition) is 1. The summed E-state index contributed by atoms with van der Waals surface area (Å²) in [5.74, 6) is 0.0635. The van der Waals surface area contributed by atoms with Gasteiger partial charge in [0.1, 0.15) is 5.60 Å². The predicted octanol–water partition coefficient (Wildman–Crippen LogP) is 0.282. The standard InChI is InChI=1S/C11H22N2O3.ClH/c1-13(8-9-15-2)10(14)11(16-3)4-6-12-7-5-11;/h12H,4-9H2,1-3H3;1H. The first kappa shape index (κ1) is 16.6. The molecule has 0 aliphatic carbocycles. The molecule has 0 aromatic carbocycles. The maximum atomic E-state index is 12.3. The maximum absolute atomic E-state index is 12.3. The molecule has 0 bridgehead atoms. The Hall–Kier alpha value is -0.360. The molecule has 5 nitrogen and oxygen atoms in total. The Morgan fingerprint density at radius 3 is 2.41 bits per heavy atom. The quantitative estimate of drug-likeness (QED) is 0.777. The van der Waals surface area contributed by atoms with Crippen molar-refractivity contribution in [2.75, 3.05) is 47.5 Å². The van der Waals surface area contributed by atoms with E-state index in [1.165, 1.54) is 0 Å². The third-order valence-corrected chi connectivity index (χ3v) is 3.17. The minimum Gasteiger partial charge on any atom is -0.383 e. The average Bonchev–Trinajstić information content (AvgIpc) is 2.35. The molecule has 1 rings (SSSR count). The molecule has 0 saturated carbocycles. The summed E-state index contributed by atoms with van der Waals surface area (Å²) in [5.41, 5.74) is -0.631. The highest BCUT2D eigenvalue weighted by molar-refractivity contribution is 5.85. The van der Waals surface area contributed by atoms with Gasteiger partial charge in [0.15, 0.2) is 0 Å². The summed E-state index contributed by atoms with van der Waals surface area (Å²) in [6.45, 7) is 2.82. The second-order valence-corrected chi connectivity index (χ2v) is 4.17. The Balaban J connectivity index is 0.00000256. The monoisotopic (exact) mass is 266 g/mol. The van der Waals surface area contributed by atoms with Gasteiger partial charge in [-0.15, -0.1) is 12.4 Å². The number of nitrogens with one attached hydrogen (secondary N) is 1. The molecule has 0 atom stereocenters. The fourth-order valence-corrected chi connectivity index (χ4v) is 2.01. The van der Waals surface area contributed by atoms with Crippen molar-refractivity contribution in [1.82, 2.24) is 10.2 Å². The van der Waals surface area contributed by atoms with E-state index in [1.54, 1.807) is 26.2 Å². The van der Waals surface area contributed by atoms with Gasteiger partial charge in [0.2, 0.25) is 0 Å². The second kappa shape index (κ2) is 7.87. The first-order chi connectivity index (χ1) is 7.66. The molecule has 0 radical (unpaired) electrons. The van der Waals surface area contributed by atoms with E-state index < -0.39 is 5.60 Å². The van der Waals surface area contributed by atoms with Crippen LogP contribution in [-0.4, -0.2) is 63.9 Å². The molecule has 0 aromatic rings. The van der Waals surface area contributed by atoms with Crippen LogP contribution in [0.15, 0.2) is 0 Å². The lowest BCUT2D eigenvalue weighted by Crippen LogP contribution is -2.54. The zero-order valence-corrected chi connectivity index (χ0v) is 11.6. The lowest BCUT2D eigenvalue weighted by atomic mass is 9.90. The van der Waals surface area contributed by atoms with Gasteiger partial charge in [-0.1, -0.05) is 0 Å². The normalized spacial score (nSPS) is 18.3. The van der Waals surface area contributed by atoms with Crippen molar-refractivity contribution < 1.29 is 14.3 Å². The molecule has 17 heavy (non-hydrogen) atoms. The smallest absolute Gasteiger partial charge is 0.254 e. The van der Waals surface area contributed by atoms with Gasteiger partial charge in [0.25, 0.3) is 5.91 Å². The molecular formula is C11H23ClN2O3. The van der Waals surface area contributed by atoms with Crippen molar-refractivity contribution in [2.45, 2.75) is 18.4 Å². The van der Waals surface area contributed by atoms with Crippen LogP contribution in [0.25, 0.3) is 0 Å². The number of ether oxygens (including phenoxy) is 2. The van der Waals surface area contributed by atoms with Gasteiger partial charge < -0.3 is 19.7 Å². The third-order valence-electron chi connectivity index (χ3n) is 3.17. The summed E-state index contributed by atoms with van der Waals surface area (Å²) >= 11 is 0. The number of methoxy groups -OCH3 is 2. The van der Waals surface area contributed by atoms with Crippen LogP contribution in [0.4, 0.5) is 0 Å². The molecule has 1 N–H and O–H groups in total. The van der Waals surface area contributed by atoms with Gasteiger partial charge in [-0.2, -0.15) is 0 Å². The van der Waals surface area contributed by atoms with Gasteiger partial charge in [-0.05, 0) is 25.9 Å². The summed E-state index contributed by atoms with van der Waals surface area (Å²) in [7, 11) is 5.05. The van der Waals surface area contributed by atoms with Gasteiger partial charge in [0.05, 0.1) is 6.61 Å². The summed E-state index contributed by atoms with van der Waals surface area (Å²) in [5, 5.41) is 3.24. The SMILES string of the molecule is COCCN(C)C(=O)C1(OC)CCNCC1.Cl. The number of piperidine rings is 1. The van der Waals surface area contributed by atoms with Crippen LogP contribution in [0, 0.1) is 0 Å². The molecule has 1 saturated heterocycles. The largest absolute Gasteiger partial charge is 0.383 e. The first-order valence-corrected chi connectivity index (χ1v) is 5.66. The highest BCUT2D eigenvalue weighted by Crippen LogP contribution is 2.24. The van der Waals surface area contributed by atoms with Gasteiger partial charge >= 0.3 is 0 Å². The van der Waals surface area contributed by atoms with E-state index in [4.69, 9.17) is 9.47 Å². The Bertz CT molecular complexity index is 233. The van der Waals surface area contributed by atoms with E-state index in [-0.39, 0.29) is 18.3 Å². The Morgan fingerprint density at radius 2 is 1.94 bits per heavy atom. The summed E-state index contributed by atoms with van der Waals surface area (Å²) in [6, 6.07) is 0. The Labute approximate surface area is 109 Å². The highest BCUT2D eigenvalue weighted by Gasteiger charge is 2.41. The third kappa shape index (κ3) is 4.10. The molecule has 1 fully saturated rings. The minimum atomic E-state index is -0.631. The average molecular weight is 267 g/mol. The number of hydrogen-bond acceptors (Lipinski definition) is 4. The molecule has 1 heterocycles. The number of carbonyl (C=O) groups is 1. The number of nitrogens with zero attached hydrogens (tertiary/aromatic N) is 1. The Kier molecular flexibility index (Phi) is 7.70. The van der Waals surface area contributed by atoms with Crippen molar-refractivity contribution >= 4 is 18.3 Å². The minimum absolute atomic E-state index is 0. The van der Waals surface area contributed by atoms with Gasteiger partial charge in [-0.25, -0.2) is 0 Å². The lowest BCUT2D eigenvalue weighted by Gasteiger charge is -2.37. The molecule has 1 aliphatic heterocycles. The van der Waals surface area contributed by atoms with E-state index in [0.29, 0.717) is 13.2 Å². The number of rotatable bonds is 5. The maximum Gasteiger partial charge on any atom is 0.254 e. The van der Waals surface area contributed by atoms with Crippen molar-refractivity contribution in [3.05, 3.63) is 0 Å². The number of amides is 1. The number of halogens is 1. The molecule has 6 heteroatoms. The zero-order chi connectivity index (χ0) is 12.0. The fraction of sp³-hybridized carbons (Fsp3) is 0.909. The molecule has 0 spiro atoms. The number of likely N-dealkylation sites (N-methyl/N-ethyl adjacent to an activating group) is 1. The van der Waals surface area contributed by atoms with Crippen LogP contribution < -0.4 is 5.32 Å². The van der Waals surface area contributed by atoms with Crippen molar-refractivity contribution in [3.63, 3.8) is 0 Å². The fourth-order valence-electron chi connectivity index (χ4n) is 2.01. The predicted molar refractivity (Wildman–Crippen MR) is 68.6 cm³/mol. The van der Waals surface area contributed by atoms with Crippen LogP contribution in [-0.2, 0) is 14.3 Å². The summed E-state index contributed by atoms with van der Waals surface area (Å²) in [6.07, 6.45) is 1.47. The van der Waals surface area contributed by atoms with Crippen molar-refractivity contribution in [2.24, 2.45) is 0 Å². The van der Waals surface area contributed by atoms with Crippen molar-refractivity contribution in [3.8, 4) is 0 Å². The molecule has 0 aromatic heterocycles. The van der Waals surface area contributed by atoms with E-state index in [1.807, 2.05) is 0 Å². The van der Waals surface area contributed by atoms with Crippen LogP contribution >= 0.6 is 12.4 Å². The van der Waals surface area contributed by atoms with Gasteiger partial charge in [0, 0.05) is 27.8 Å². The van der Waals surface area contributed by atoms with Crippen molar-refractivity contribution in [1.29, 1.82) is 0 Å². The second-order valence-electron chi connectivity index (χ2n) is 4.17. The van der Waals surface area contributed by atoms with Crippen LogP contribution in [0.1, 0.15) is 12.8 Å². The van der Waals surface area contributed by atoms with E-state index in [0.717, 1.165) is 25.9 Å². The molecule has 1 aliphatic rings. The molecule has 1 amide bonds.